The number of nitrogens with zero attached hydrogens (tertiary/aromatic N) is 7. The van der Waals surface area contributed by atoms with Crippen molar-refractivity contribution >= 4 is 0 Å². The van der Waals surface area contributed by atoms with Gasteiger partial charge in [0.2, 0.25) is 0 Å². The fourth-order valence-electron chi connectivity index (χ4n) is 3.22. The van der Waals surface area contributed by atoms with Gasteiger partial charge < -0.3 is 5.11 Å². The first-order chi connectivity index (χ1) is 14.0. The summed E-state index contributed by atoms with van der Waals surface area (Å²) in [4.78, 5) is 9.67. The Hall–Kier alpha value is -3.53. The second-order valence-electron chi connectivity index (χ2n) is 6.62. The molecule has 3 aromatic heterocycles. The van der Waals surface area contributed by atoms with Crippen LogP contribution in [-0.2, 0) is 12.1 Å². The predicted octanol–water partition coefficient (Wildman–Crippen LogP) is 2.22. The van der Waals surface area contributed by atoms with E-state index >= 15 is 0 Å². The van der Waals surface area contributed by atoms with Gasteiger partial charge >= 0.3 is 0 Å². The lowest BCUT2D eigenvalue weighted by molar-refractivity contribution is -0.0123. The van der Waals surface area contributed by atoms with Crippen LogP contribution in [0.1, 0.15) is 24.1 Å². The highest BCUT2D eigenvalue weighted by atomic mass is 19.1. The average molecular weight is 397 g/mol. The Morgan fingerprint density at radius 1 is 1.10 bits per heavy atom. The number of hydrogen-bond donors (Lipinski definition) is 1. The van der Waals surface area contributed by atoms with Crippen molar-refractivity contribution < 1.29 is 13.9 Å². The molecule has 0 fully saturated rings. The molecule has 0 unspecified atom stereocenters. The van der Waals surface area contributed by atoms with E-state index in [1.165, 1.54) is 28.2 Å². The van der Waals surface area contributed by atoms with Crippen LogP contribution in [0.2, 0.25) is 0 Å². The molecule has 2 atom stereocenters. The van der Waals surface area contributed by atoms with Crippen LogP contribution >= 0.6 is 0 Å². The van der Waals surface area contributed by atoms with Crippen LogP contribution in [0.4, 0.5) is 8.78 Å². The maximum absolute atomic E-state index is 14.6. The summed E-state index contributed by atoms with van der Waals surface area (Å²) in [6.45, 7) is 1.62. The number of benzene rings is 1. The zero-order valence-electron chi connectivity index (χ0n) is 15.4. The lowest BCUT2D eigenvalue weighted by Gasteiger charge is -2.34. The van der Waals surface area contributed by atoms with Gasteiger partial charge in [0.1, 0.15) is 35.6 Å². The molecule has 10 heteroatoms. The van der Waals surface area contributed by atoms with Gasteiger partial charge in [-0.3, -0.25) is 4.98 Å². The molecule has 0 saturated carbocycles. The van der Waals surface area contributed by atoms with E-state index in [2.05, 4.69) is 25.3 Å². The molecular formula is C19H17F2N7O. The van der Waals surface area contributed by atoms with Crippen molar-refractivity contribution in [3.63, 3.8) is 0 Å². The molecule has 0 aliphatic carbocycles. The second kappa shape index (κ2) is 7.47. The molecule has 0 saturated heterocycles. The molecule has 1 N–H and O–H groups in total. The predicted molar refractivity (Wildman–Crippen MR) is 97.8 cm³/mol. The summed E-state index contributed by atoms with van der Waals surface area (Å²) in [5.74, 6) is -2.24. The minimum absolute atomic E-state index is 0.0541. The van der Waals surface area contributed by atoms with Crippen molar-refractivity contribution in [1.82, 2.24) is 34.7 Å². The molecule has 0 radical (unpaired) electrons. The van der Waals surface area contributed by atoms with Gasteiger partial charge in [0.25, 0.3) is 0 Å². The SMILES string of the molecule is C[C@@H](c1ccc(-n2nccn2)cn1)[C@](O)(Cn1cncn1)c1ccc(F)cc1F. The largest absolute Gasteiger partial charge is 0.382 e. The van der Waals surface area contributed by atoms with Crippen molar-refractivity contribution in [3.8, 4) is 5.69 Å². The molecular weight excluding hydrogens is 380 g/mol. The zero-order valence-corrected chi connectivity index (χ0v) is 15.4. The minimum atomic E-state index is -1.76. The topological polar surface area (TPSA) is 94.5 Å². The first-order valence-corrected chi connectivity index (χ1v) is 8.80. The third-order valence-electron chi connectivity index (χ3n) is 4.85. The highest BCUT2D eigenvalue weighted by molar-refractivity contribution is 5.33. The van der Waals surface area contributed by atoms with Gasteiger partial charge in [0, 0.05) is 23.2 Å². The van der Waals surface area contributed by atoms with Gasteiger partial charge in [-0.2, -0.15) is 20.1 Å². The fraction of sp³-hybridized carbons (Fsp3) is 0.211. The highest BCUT2D eigenvalue weighted by Crippen LogP contribution is 2.39. The van der Waals surface area contributed by atoms with E-state index in [0.29, 0.717) is 11.4 Å². The Labute approximate surface area is 164 Å². The number of pyridine rings is 1. The highest BCUT2D eigenvalue weighted by Gasteiger charge is 2.40. The third kappa shape index (κ3) is 3.61. The number of halogens is 2. The first-order valence-electron chi connectivity index (χ1n) is 8.80. The van der Waals surface area contributed by atoms with Gasteiger partial charge in [-0.05, 0) is 18.2 Å². The maximum Gasteiger partial charge on any atom is 0.137 e. The molecule has 0 aliphatic rings. The summed E-state index contributed by atoms with van der Waals surface area (Å²) in [7, 11) is 0. The van der Waals surface area contributed by atoms with Crippen LogP contribution in [0.15, 0.2) is 61.6 Å². The van der Waals surface area contributed by atoms with Crippen molar-refractivity contribution in [2.75, 3.05) is 0 Å². The molecule has 4 aromatic rings. The van der Waals surface area contributed by atoms with Crippen LogP contribution in [0.5, 0.6) is 0 Å². The van der Waals surface area contributed by atoms with Crippen molar-refractivity contribution in [3.05, 3.63) is 84.5 Å². The van der Waals surface area contributed by atoms with Gasteiger partial charge in [0.15, 0.2) is 0 Å². The Morgan fingerprint density at radius 2 is 1.90 bits per heavy atom. The van der Waals surface area contributed by atoms with Crippen molar-refractivity contribution in [2.45, 2.75) is 25.0 Å². The maximum atomic E-state index is 14.6. The molecule has 0 amide bonds. The molecule has 1 aromatic carbocycles. The fourth-order valence-corrected chi connectivity index (χ4v) is 3.22. The van der Waals surface area contributed by atoms with Gasteiger partial charge in [0.05, 0.1) is 25.1 Å². The minimum Gasteiger partial charge on any atom is -0.382 e. The molecule has 3 heterocycles. The summed E-state index contributed by atoms with van der Waals surface area (Å²) < 4.78 is 29.4. The number of hydrogen-bond acceptors (Lipinski definition) is 6. The standard InChI is InChI=1S/C19H17F2N7O/c1-13(18-5-3-15(9-23-18)28-24-6-7-25-28)19(29,10-27-12-22-11-26-27)16-4-2-14(20)8-17(16)21/h2-9,11-13,29H,10H2,1H3/t13-,19+/m0/s1. The Kier molecular flexibility index (Phi) is 4.85. The number of rotatable bonds is 6. The molecule has 29 heavy (non-hydrogen) atoms. The quantitative estimate of drug-likeness (QED) is 0.536. The van der Waals surface area contributed by atoms with Crippen molar-refractivity contribution in [1.29, 1.82) is 0 Å². The number of aliphatic hydroxyl groups is 1. The van der Waals surface area contributed by atoms with E-state index in [0.717, 1.165) is 12.1 Å². The van der Waals surface area contributed by atoms with Crippen LogP contribution in [0, 0.1) is 11.6 Å². The zero-order chi connectivity index (χ0) is 20.4. The van der Waals surface area contributed by atoms with Crippen LogP contribution < -0.4 is 0 Å². The summed E-state index contributed by atoms with van der Waals surface area (Å²) in [5, 5.41) is 23.7. The second-order valence-corrected chi connectivity index (χ2v) is 6.62. The first kappa shape index (κ1) is 18.8. The molecule has 0 aliphatic heterocycles. The summed E-state index contributed by atoms with van der Waals surface area (Å²) in [6, 6.07) is 6.54. The van der Waals surface area contributed by atoms with Crippen LogP contribution in [-0.4, -0.2) is 39.8 Å². The lowest BCUT2D eigenvalue weighted by atomic mass is 9.79. The van der Waals surface area contributed by atoms with Crippen LogP contribution in [0.25, 0.3) is 5.69 Å². The van der Waals surface area contributed by atoms with Gasteiger partial charge in [-0.15, -0.1) is 0 Å². The van der Waals surface area contributed by atoms with Crippen molar-refractivity contribution in [2.24, 2.45) is 0 Å². The molecule has 0 spiro atoms. The lowest BCUT2D eigenvalue weighted by Crippen LogP contribution is -2.38. The molecule has 0 bridgehead atoms. The van der Waals surface area contributed by atoms with E-state index in [4.69, 9.17) is 0 Å². The van der Waals surface area contributed by atoms with E-state index in [-0.39, 0.29) is 12.1 Å². The molecule has 8 nitrogen and oxygen atoms in total. The normalized spacial score (nSPS) is 14.5. The number of aromatic nitrogens is 7. The molecule has 148 valence electrons. The monoisotopic (exact) mass is 397 g/mol. The van der Waals surface area contributed by atoms with E-state index in [1.807, 2.05) is 0 Å². The Morgan fingerprint density at radius 3 is 2.52 bits per heavy atom. The Balaban J connectivity index is 1.74. The van der Waals surface area contributed by atoms with Crippen LogP contribution in [0.3, 0.4) is 0 Å². The third-order valence-corrected chi connectivity index (χ3v) is 4.85. The average Bonchev–Trinajstić information content (AvgIpc) is 3.41. The summed E-state index contributed by atoms with van der Waals surface area (Å²) >= 11 is 0. The Bertz CT molecular complexity index is 1080. The summed E-state index contributed by atoms with van der Waals surface area (Å²) in [6.07, 6.45) is 7.38. The van der Waals surface area contributed by atoms with Gasteiger partial charge in [-0.1, -0.05) is 13.0 Å². The summed E-state index contributed by atoms with van der Waals surface area (Å²) in [5.41, 5.74) is -0.670. The van der Waals surface area contributed by atoms with Gasteiger partial charge in [-0.25, -0.2) is 18.4 Å². The smallest absolute Gasteiger partial charge is 0.137 e. The van der Waals surface area contributed by atoms with E-state index in [9.17, 15) is 13.9 Å². The molecule has 4 rings (SSSR count). The van der Waals surface area contributed by atoms with E-state index < -0.39 is 23.2 Å². The van der Waals surface area contributed by atoms with E-state index in [1.54, 1.807) is 37.6 Å².